The van der Waals surface area contributed by atoms with E-state index < -0.39 is 28.2 Å². The number of hydrogen-bond acceptors (Lipinski definition) is 15. The van der Waals surface area contributed by atoms with Crippen molar-refractivity contribution in [1.82, 2.24) is 15.5 Å². The molecule has 0 bridgehead atoms. The summed E-state index contributed by atoms with van der Waals surface area (Å²) in [6, 6.07) is 45.9. The van der Waals surface area contributed by atoms with Crippen LogP contribution in [-0.4, -0.2) is 57.3 Å². The molecule has 0 unspecified atom stereocenters. The number of esters is 1. The molecular weight excluding hydrogens is 1510 g/mol. The summed E-state index contributed by atoms with van der Waals surface area (Å²) in [5.74, 6) is 3.42. The van der Waals surface area contributed by atoms with Gasteiger partial charge in [-0.1, -0.05) is 115 Å². The van der Waals surface area contributed by atoms with Gasteiger partial charge in [0.2, 0.25) is 17.7 Å². The van der Waals surface area contributed by atoms with E-state index in [1.807, 2.05) is 90.1 Å². The molecule has 11 aromatic rings. The van der Waals surface area contributed by atoms with E-state index in [-0.39, 0.29) is 49.0 Å². The van der Waals surface area contributed by atoms with Gasteiger partial charge in [-0.2, -0.15) is 0 Å². The van der Waals surface area contributed by atoms with Crippen LogP contribution in [0.5, 0.6) is 17.2 Å². The van der Waals surface area contributed by atoms with Crippen molar-refractivity contribution < 1.29 is 61.6 Å². The molecule has 3 amide bonds. The number of amides is 3. The minimum atomic E-state index is -1.05. The van der Waals surface area contributed by atoms with Crippen molar-refractivity contribution in [3.63, 3.8) is 0 Å². The van der Waals surface area contributed by atoms with Crippen LogP contribution in [0, 0.1) is 0 Å². The summed E-state index contributed by atoms with van der Waals surface area (Å²) >= 11 is 38.8. The molecule has 3 aromatic heterocycles. The van der Waals surface area contributed by atoms with Crippen LogP contribution in [0.2, 0.25) is 30.1 Å². The van der Waals surface area contributed by atoms with Crippen LogP contribution >= 0.6 is 69.6 Å². The number of ether oxygens (including phenoxy) is 4. The van der Waals surface area contributed by atoms with Crippen LogP contribution < -0.4 is 29.3 Å². The van der Waals surface area contributed by atoms with Crippen molar-refractivity contribution in [2.75, 3.05) is 22.2 Å². The maximum Gasteiger partial charge on any atom is 0.337 e. The van der Waals surface area contributed by atoms with Crippen LogP contribution in [-0.2, 0) is 55.2 Å². The van der Waals surface area contributed by atoms with Crippen molar-refractivity contribution >= 4 is 128 Å². The third-order valence-electron chi connectivity index (χ3n) is 20.6. The van der Waals surface area contributed by atoms with Gasteiger partial charge in [0, 0.05) is 51.5 Å². The molecule has 109 heavy (non-hydrogen) atoms. The number of methoxy groups -OCH3 is 1. The topological polar surface area (TPSA) is 239 Å². The molecule has 0 radical (unpaired) electrons. The monoisotopic (exact) mass is 1580 g/mol. The van der Waals surface area contributed by atoms with Gasteiger partial charge in [-0.3, -0.25) is 24.2 Å². The number of aromatic nitrogens is 3. The van der Waals surface area contributed by atoms with E-state index in [4.69, 9.17) is 102 Å². The van der Waals surface area contributed by atoms with E-state index in [1.165, 1.54) is 19.2 Å². The van der Waals surface area contributed by atoms with Gasteiger partial charge >= 0.3 is 11.9 Å². The number of carboxylic acid groups (broad SMARTS) is 1. The molecule has 3 aliphatic heterocycles. The lowest BCUT2D eigenvalue weighted by atomic mass is 9.86. The van der Waals surface area contributed by atoms with Crippen molar-refractivity contribution in [2.45, 2.75) is 134 Å². The largest absolute Gasteiger partial charge is 0.489 e. The van der Waals surface area contributed by atoms with Crippen LogP contribution in [0.15, 0.2) is 171 Å². The molecule has 6 heterocycles. The minimum Gasteiger partial charge on any atom is -0.489 e. The van der Waals surface area contributed by atoms with Gasteiger partial charge < -0.3 is 42.9 Å². The maximum absolute atomic E-state index is 13.6. The number of nitrogens with one attached hydrogen (secondary N) is 1. The van der Waals surface area contributed by atoms with Gasteiger partial charge in [-0.15, -0.1) is 0 Å². The lowest BCUT2D eigenvalue weighted by Crippen LogP contribution is -2.33. The first-order valence-electron chi connectivity index (χ1n) is 35.4. The molecule has 19 nitrogen and oxygen atoms in total. The molecule has 17 rings (SSSR count). The summed E-state index contributed by atoms with van der Waals surface area (Å²) in [5, 5.41) is 28.2. The Hall–Kier alpha value is -10.1. The van der Waals surface area contributed by atoms with Crippen molar-refractivity contribution in [3.05, 3.63) is 250 Å². The van der Waals surface area contributed by atoms with Crippen molar-refractivity contribution in [3.8, 4) is 51.0 Å². The molecule has 0 saturated heterocycles. The highest BCUT2D eigenvalue weighted by Crippen LogP contribution is 2.53. The van der Waals surface area contributed by atoms with Gasteiger partial charge in [0.25, 0.3) is 0 Å². The predicted octanol–water partition coefficient (Wildman–Crippen LogP) is 21.9. The first kappa shape index (κ1) is 74.3. The van der Waals surface area contributed by atoms with E-state index in [2.05, 4.69) is 20.8 Å². The fourth-order valence-corrected chi connectivity index (χ4v) is 15.8. The van der Waals surface area contributed by atoms with E-state index in [0.29, 0.717) is 116 Å². The van der Waals surface area contributed by atoms with Gasteiger partial charge in [0.05, 0.1) is 92.7 Å². The second-order valence-electron chi connectivity index (χ2n) is 29.2. The Labute approximate surface area is 657 Å². The quantitative estimate of drug-likeness (QED) is 0.0716. The number of aromatic carboxylic acids is 1. The SMILES string of the molecule is CC1(C)C(=O)N(c2cccc(C(=O)O)c2)c2ccc(OCc3c(-c4c(Cl)cccc4Cl)noc3C3CC3)cc21.CC1(C)C(=O)Nc2ccc(OCc3c(-c4c(Cl)cccc4Cl)noc3C3CC3)cc21.COC(=O)c1cccc(N2C(=O)C(C)(C)c3cc(OCc4c(-c5c(Cl)cccc5Cl)noc4C4CC4)ccc32)c1. The third-order valence-corrected chi connectivity index (χ3v) is 22.5. The zero-order chi connectivity index (χ0) is 76.7. The summed E-state index contributed by atoms with van der Waals surface area (Å²) in [7, 11) is 1.33. The van der Waals surface area contributed by atoms with Gasteiger partial charge in [0.1, 0.15) is 71.4 Å². The van der Waals surface area contributed by atoms with E-state index in [0.717, 1.165) is 101 Å². The number of fused-ring (bicyclic) bond motifs is 3. The van der Waals surface area contributed by atoms with Crippen LogP contribution in [0.25, 0.3) is 33.8 Å². The Morgan fingerprint density at radius 2 is 0.798 bits per heavy atom. The highest BCUT2D eigenvalue weighted by molar-refractivity contribution is 6.40. The maximum atomic E-state index is 13.6. The molecule has 25 heteroatoms. The summed E-state index contributed by atoms with van der Waals surface area (Å²) in [6.45, 7) is 11.9. The molecule has 6 aliphatic rings. The molecule has 556 valence electrons. The fourth-order valence-electron chi connectivity index (χ4n) is 14.0. The molecule has 3 saturated carbocycles. The number of carboxylic acids is 1. The second kappa shape index (κ2) is 29.4. The van der Waals surface area contributed by atoms with Crippen LogP contribution in [0.3, 0.4) is 0 Å². The highest BCUT2D eigenvalue weighted by Gasteiger charge is 2.48. The molecular formula is C84H70Cl6N6O13. The minimum absolute atomic E-state index is 0.0136. The van der Waals surface area contributed by atoms with Crippen LogP contribution in [0.1, 0.15) is 169 Å². The third kappa shape index (κ3) is 14.2. The molecule has 0 spiro atoms. The molecule has 3 aliphatic carbocycles. The van der Waals surface area contributed by atoms with Gasteiger partial charge in [0.15, 0.2) is 0 Å². The first-order chi connectivity index (χ1) is 52.2. The molecule has 3 fully saturated rings. The Morgan fingerprint density at radius 1 is 0.459 bits per heavy atom. The summed E-state index contributed by atoms with van der Waals surface area (Å²) < 4.78 is 40.7. The van der Waals surface area contributed by atoms with Gasteiger partial charge in [-0.05, 0) is 224 Å². The van der Waals surface area contributed by atoms with E-state index in [9.17, 15) is 29.1 Å². The zero-order valence-electron chi connectivity index (χ0n) is 60.0. The standard InChI is InChI=1S/C31H26Cl2N2O5.C30H24Cl2N2O5.C23H20Cl2N2O3/c1-31(2)22-15-20(12-13-25(22)35(30(31)37)19-7-4-6-18(14-19)29(36)38-3)39-16-21-27(34-40-28(21)17-10-11-17)26-23(32)8-5-9-24(26)33;1-30(2)21-14-19(11-12-24(21)34(29(30)37)18-6-3-5-17(13-18)28(35)36)38-15-20-26(33-39-27(20)16-9-10-16)25-22(31)7-4-8-23(25)32;1-23(2)15-10-13(8-9-18(15)26-22(23)28)29-11-14-20(27-30-21(14)12-6-7-12)19-16(24)4-3-5-17(19)25/h4-9,12-15,17H,10-11,16H2,1-3H3;3-8,11-14,16H,9-10,15H2,1-2H3,(H,35,36);3-5,8-10,12H,6-7,11H2,1-2H3,(H,26,28). The van der Waals surface area contributed by atoms with E-state index >= 15 is 0 Å². The molecule has 8 aromatic carbocycles. The summed E-state index contributed by atoms with van der Waals surface area (Å²) in [6.07, 6.45) is 6.23. The summed E-state index contributed by atoms with van der Waals surface area (Å²) in [4.78, 5) is 66.1. The average Bonchev–Trinajstić information content (AvgIpc) is 1.59. The average molecular weight is 1580 g/mol. The Bertz CT molecular complexity index is 5460. The number of nitrogens with zero attached hydrogens (tertiary/aromatic N) is 5. The molecule has 2 N–H and O–H groups in total. The molecule has 0 atom stereocenters. The first-order valence-corrected chi connectivity index (χ1v) is 37.6. The van der Waals surface area contributed by atoms with Crippen LogP contribution in [0.4, 0.5) is 28.4 Å². The smallest absolute Gasteiger partial charge is 0.337 e. The highest BCUT2D eigenvalue weighted by atomic mass is 35.5. The van der Waals surface area contributed by atoms with Crippen molar-refractivity contribution in [2.24, 2.45) is 0 Å². The number of halogens is 6. The lowest BCUT2D eigenvalue weighted by Gasteiger charge is -2.21. The fraction of sp³-hybridized carbons (Fsp3) is 0.262. The Balaban J connectivity index is 0.000000132. The number of carbonyl (C=O) groups excluding carboxylic acids is 4. The predicted molar refractivity (Wildman–Crippen MR) is 417 cm³/mol. The second-order valence-corrected chi connectivity index (χ2v) is 31.6. The number of hydrogen-bond donors (Lipinski definition) is 2. The Morgan fingerprint density at radius 3 is 1.16 bits per heavy atom. The Kier molecular flexibility index (Phi) is 20.0. The van der Waals surface area contributed by atoms with Gasteiger partial charge in [-0.25, -0.2) is 9.59 Å². The number of carbonyl (C=O) groups is 5. The number of rotatable bonds is 19. The normalized spacial score (nSPS) is 16.1. The van der Waals surface area contributed by atoms with E-state index in [1.54, 1.807) is 107 Å². The number of benzene rings is 8. The lowest BCUT2D eigenvalue weighted by molar-refractivity contribution is -0.122. The zero-order valence-corrected chi connectivity index (χ0v) is 64.5. The summed E-state index contributed by atoms with van der Waals surface area (Å²) in [5.41, 5.74) is 10.2. The number of anilines is 5. The van der Waals surface area contributed by atoms with Crippen molar-refractivity contribution in [1.29, 1.82) is 0 Å².